The number of hydrogen-bond acceptors (Lipinski definition) is 7. The molecule has 3 aromatic carbocycles. The Bertz CT molecular complexity index is 1770. The topological polar surface area (TPSA) is 132 Å². The first-order valence-corrected chi connectivity index (χ1v) is 19.3. The number of carbonyl (C=O) groups excluding carboxylic acids is 3. The highest BCUT2D eigenvalue weighted by Gasteiger charge is 2.65. The van der Waals surface area contributed by atoms with Crippen LogP contribution < -0.4 is 10.3 Å². The molecule has 11 heteroatoms. The number of hydrazone groups is 1. The third-order valence-electron chi connectivity index (χ3n) is 10.4. The summed E-state index contributed by atoms with van der Waals surface area (Å²) >= 11 is 0. The molecule has 10 nitrogen and oxygen atoms in total. The zero-order valence-corrected chi connectivity index (χ0v) is 27.8. The Kier molecular flexibility index (Phi) is 7.90. The maximum Gasteiger partial charge on any atom is 0.261 e. The van der Waals surface area contributed by atoms with E-state index in [4.69, 9.17) is 9.84 Å². The Hall–Kier alpha value is -4.16. The number of ether oxygens (including phenoxy) is 1. The van der Waals surface area contributed by atoms with Gasteiger partial charge >= 0.3 is 0 Å². The minimum Gasteiger partial charge on any atom is -0.432 e. The number of fused-ring (bicyclic) bond motifs is 3. The predicted molar refractivity (Wildman–Crippen MR) is 180 cm³/mol. The van der Waals surface area contributed by atoms with Gasteiger partial charge in [0.2, 0.25) is 11.8 Å². The quantitative estimate of drug-likeness (QED) is 0.341. The number of nitrogens with one attached hydrogen (secondary N) is 1. The number of hydrogen-bond donors (Lipinski definition) is 3. The monoisotopic (exact) mass is 652 g/mol. The molecule has 0 unspecified atom stereocenters. The van der Waals surface area contributed by atoms with Crippen LogP contribution in [0.25, 0.3) is 0 Å². The molecule has 47 heavy (non-hydrogen) atoms. The fourth-order valence-corrected chi connectivity index (χ4v) is 10.7. The minimum atomic E-state index is -3.01. The van der Waals surface area contributed by atoms with E-state index in [0.29, 0.717) is 42.7 Å². The van der Waals surface area contributed by atoms with Crippen LogP contribution in [0.2, 0.25) is 18.6 Å². The Morgan fingerprint density at radius 1 is 1.04 bits per heavy atom. The van der Waals surface area contributed by atoms with E-state index in [1.165, 1.54) is 5.01 Å². The number of nitrogens with zero attached hydrogens (tertiary/aromatic N) is 3. The van der Waals surface area contributed by atoms with E-state index in [1.54, 1.807) is 23.1 Å². The molecule has 3 aromatic rings. The van der Waals surface area contributed by atoms with Crippen molar-refractivity contribution in [2.45, 2.75) is 75.5 Å². The summed E-state index contributed by atoms with van der Waals surface area (Å²) < 4.78 is 6.77. The van der Waals surface area contributed by atoms with Crippen LogP contribution in [-0.4, -0.2) is 65.3 Å². The normalized spacial score (nSPS) is 27.0. The third-order valence-corrected chi connectivity index (χ3v) is 12.9. The van der Waals surface area contributed by atoms with E-state index in [1.807, 2.05) is 74.6 Å². The molecular weight excluding hydrogens is 613 g/mol. The molecule has 1 fully saturated rings. The average Bonchev–Trinajstić information content (AvgIpc) is 3.52. The van der Waals surface area contributed by atoms with E-state index < -0.39 is 31.5 Å². The SMILES string of the molecule is C[C@H]1[C@H]([Si](C)(C)O)[C@@H](CC(=O)N2Cc3ccccc3C[C@H]2CO)O[C@]12C(=O)Nc1ccc(N3N=C(c4ccccc4)CCC3=O)cc12. The molecule has 4 heterocycles. The van der Waals surface area contributed by atoms with Crippen LogP contribution in [0.4, 0.5) is 11.4 Å². The van der Waals surface area contributed by atoms with Gasteiger partial charge in [-0.15, -0.1) is 0 Å². The van der Waals surface area contributed by atoms with Crippen LogP contribution >= 0.6 is 0 Å². The van der Waals surface area contributed by atoms with Crippen molar-refractivity contribution in [1.82, 2.24) is 4.90 Å². The third kappa shape index (κ3) is 5.31. The summed E-state index contributed by atoms with van der Waals surface area (Å²) in [6, 6.07) is 22.6. The number of benzene rings is 3. The molecule has 0 saturated carbocycles. The van der Waals surface area contributed by atoms with Gasteiger partial charge in [0.25, 0.3) is 5.91 Å². The highest BCUT2D eigenvalue weighted by atomic mass is 28.4. The molecule has 7 rings (SSSR count). The molecule has 0 radical (unpaired) electrons. The number of rotatable bonds is 6. The largest absolute Gasteiger partial charge is 0.432 e. The second kappa shape index (κ2) is 11.8. The zero-order valence-electron chi connectivity index (χ0n) is 26.8. The summed E-state index contributed by atoms with van der Waals surface area (Å²) in [4.78, 5) is 54.4. The second-order valence-electron chi connectivity index (χ2n) is 13.7. The number of carbonyl (C=O) groups is 3. The van der Waals surface area contributed by atoms with Gasteiger partial charge in [-0.2, -0.15) is 5.10 Å². The first kappa shape index (κ1) is 31.4. The summed E-state index contributed by atoms with van der Waals surface area (Å²) in [6.45, 7) is 5.75. The van der Waals surface area contributed by atoms with Crippen molar-refractivity contribution >= 4 is 43.1 Å². The van der Waals surface area contributed by atoms with Gasteiger partial charge in [-0.25, -0.2) is 5.01 Å². The fourth-order valence-electron chi connectivity index (χ4n) is 8.14. The molecule has 1 saturated heterocycles. The van der Waals surface area contributed by atoms with Gasteiger partial charge in [-0.3, -0.25) is 14.4 Å². The smallest absolute Gasteiger partial charge is 0.261 e. The second-order valence-corrected chi connectivity index (χ2v) is 17.7. The molecule has 4 aliphatic rings. The van der Waals surface area contributed by atoms with E-state index in [2.05, 4.69) is 5.32 Å². The van der Waals surface area contributed by atoms with Gasteiger partial charge in [0, 0.05) is 42.1 Å². The lowest BCUT2D eigenvalue weighted by molar-refractivity contribution is -0.149. The van der Waals surface area contributed by atoms with Crippen molar-refractivity contribution in [1.29, 1.82) is 0 Å². The molecule has 0 aliphatic carbocycles. The van der Waals surface area contributed by atoms with Gasteiger partial charge in [0.15, 0.2) is 13.9 Å². The molecule has 0 bridgehead atoms. The van der Waals surface area contributed by atoms with Crippen LogP contribution in [0.5, 0.6) is 0 Å². The van der Waals surface area contributed by atoms with Crippen molar-refractivity contribution in [3.05, 3.63) is 95.1 Å². The Labute approximate surface area is 275 Å². The lowest BCUT2D eigenvalue weighted by Crippen LogP contribution is -2.48. The fraction of sp³-hybridized carbons (Fsp3) is 0.389. The average molecular weight is 653 g/mol. The van der Waals surface area contributed by atoms with Crippen LogP contribution in [0.15, 0.2) is 77.9 Å². The molecule has 1 spiro atoms. The standard InChI is InChI=1S/C36H40N4O6Si/c1-22-34(47(2,3)45)31(19-33(43)39-20-25-12-8-7-11-24(25)17-27(39)21-41)46-36(22)28-18-26(13-14-30(28)37-35(36)44)40-32(42)16-15-29(38-40)23-9-5-4-6-10-23/h4-14,18,22,27,31,34,41,45H,15-17,19-21H2,1-3H3,(H,37,44)/t22-,27-,31+,34-,36+/m0/s1. The Morgan fingerprint density at radius 2 is 1.77 bits per heavy atom. The minimum absolute atomic E-state index is 0.0376. The lowest BCUT2D eigenvalue weighted by Gasteiger charge is -2.37. The predicted octanol–water partition coefficient (Wildman–Crippen LogP) is 4.30. The first-order chi connectivity index (χ1) is 22.5. The maximum absolute atomic E-state index is 14.0. The number of aliphatic hydroxyl groups is 1. The van der Waals surface area contributed by atoms with E-state index >= 15 is 0 Å². The van der Waals surface area contributed by atoms with Gasteiger partial charge in [0.05, 0.1) is 36.6 Å². The molecule has 0 aromatic heterocycles. The zero-order chi connectivity index (χ0) is 33.1. The van der Waals surface area contributed by atoms with Crippen molar-refractivity contribution < 1.29 is 29.0 Å². The van der Waals surface area contributed by atoms with Gasteiger partial charge in [-0.1, -0.05) is 61.5 Å². The van der Waals surface area contributed by atoms with E-state index in [9.17, 15) is 24.3 Å². The summed E-state index contributed by atoms with van der Waals surface area (Å²) in [7, 11) is -3.01. The Balaban J connectivity index is 1.22. The molecule has 5 atom stereocenters. The summed E-state index contributed by atoms with van der Waals surface area (Å²) in [5.74, 6) is -1.16. The highest BCUT2D eigenvalue weighted by molar-refractivity contribution is 6.71. The number of aliphatic hydroxyl groups excluding tert-OH is 1. The van der Waals surface area contributed by atoms with Crippen molar-refractivity contribution in [2.75, 3.05) is 16.9 Å². The Morgan fingerprint density at radius 3 is 2.49 bits per heavy atom. The summed E-state index contributed by atoms with van der Waals surface area (Å²) in [5, 5.41) is 19.3. The molecule has 244 valence electrons. The van der Waals surface area contributed by atoms with E-state index in [0.717, 1.165) is 22.4 Å². The van der Waals surface area contributed by atoms with Gasteiger partial charge < -0.3 is 24.9 Å². The molecule has 3 amide bonds. The van der Waals surface area contributed by atoms with Crippen molar-refractivity contribution in [3.63, 3.8) is 0 Å². The van der Waals surface area contributed by atoms with Crippen molar-refractivity contribution in [3.8, 4) is 0 Å². The lowest BCUT2D eigenvalue weighted by atomic mass is 9.82. The van der Waals surface area contributed by atoms with E-state index in [-0.39, 0.29) is 36.8 Å². The first-order valence-electron chi connectivity index (χ1n) is 16.3. The summed E-state index contributed by atoms with van der Waals surface area (Å²) in [6.07, 6.45) is 0.606. The molecule has 4 aliphatic heterocycles. The van der Waals surface area contributed by atoms with Crippen molar-refractivity contribution in [2.24, 2.45) is 11.0 Å². The van der Waals surface area contributed by atoms with Crippen LogP contribution in [0, 0.1) is 5.92 Å². The van der Waals surface area contributed by atoms with Crippen LogP contribution in [-0.2, 0) is 37.7 Å². The number of anilines is 2. The number of amides is 3. The van der Waals surface area contributed by atoms with Gasteiger partial charge in [-0.05, 0) is 54.4 Å². The highest BCUT2D eigenvalue weighted by Crippen LogP contribution is 2.58. The van der Waals surface area contributed by atoms with Gasteiger partial charge in [0.1, 0.15) is 0 Å². The van der Waals surface area contributed by atoms with Crippen LogP contribution in [0.1, 0.15) is 48.4 Å². The molecule has 3 N–H and O–H groups in total. The molecular formula is C36H40N4O6Si. The van der Waals surface area contributed by atoms with Crippen LogP contribution in [0.3, 0.4) is 0 Å². The maximum atomic E-state index is 14.0. The summed E-state index contributed by atoms with van der Waals surface area (Å²) in [5.41, 5.74) is 3.64.